The topological polar surface area (TPSA) is 60.7 Å². The molecular weight excluding hydrogens is 252 g/mol. The van der Waals surface area contributed by atoms with Crippen LogP contribution < -0.4 is 0 Å². The van der Waals surface area contributed by atoms with Crippen LogP contribution in [-0.4, -0.2) is 25.5 Å². The Labute approximate surface area is 118 Å². The van der Waals surface area contributed by atoms with E-state index in [1.807, 2.05) is 19.9 Å². The molecule has 0 N–H and O–H groups in total. The van der Waals surface area contributed by atoms with Crippen LogP contribution in [0.2, 0.25) is 0 Å². The van der Waals surface area contributed by atoms with Gasteiger partial charge in [0.15, 0.2) is 11.6 Å². The van der Waals surface area contributed by atoms with Crippen LogP contribution in [-0.2, 0) is 6.42 Å². The first-order valence-corrected chi connectivity index (χ1v) is 6.78. The van der Waals surface area contributed by atoms with Crippen molar-refractivity contribution in [2.45, 2.75) is 40.5 Å². The van der Waals surface area contributed by atoms with E-state index >= 15 is 0 Å². The van der Waals surface area contributed by atoms with Gasteiger partial charge in [-0.05, 0) is 25.7 Å². The van der Waals surface area contributed by atoms with Gasteiger partial charge in [-0.25, -0.2) is 14.6 Å². The first-order valence-electron chi connectivity index (χ1n) is 6.78. The molecule has 0 saturated heterocycles. The molecule has 3 rings (SSSR count). The minimum absolute atomic E-state index is 0.0288. The first kappa shape index (κ1) is 13.0. The van der Waals surface area contributed by atoms with Crippen molar-refractivity contribution < 1.29 is 4.79 Å². The maximum absolute atomic E-state index is 12.2. The number of fused-ring (bicyclic) bond motifs is 1. The van der Waals surface area contributed by atoms with Crippen LogP contribution in [0.25, 0.3) is 5.82 Å². The van der Waals surface area contributed by atoms with Crippen LogP contribution in [0.15, 0.2) is 12.3 Å². The highest BCUT2D eigenvalue weighted by molar-refractivity contribution is 5.98. The van der Waals surface area contributed by atoms with Gasteiger partial charge in [0.1, 0.15) is 5.82 Å². The lowest BCUT2D eigenvalue weighted by molar-refractivity contribution is 0.0911. The van der Waals surface area contributed by atoms with Gasteiger partial charge in [-0.1, -0.05) is 13.8 Å². The Morgan fingerprint density at radius 3 is 2.65 bits per heavy atom. The van der Waals surface area contributed by atoms with Crippen LogP contribution in [0, 0.1) is 19.3 Å². The molecule has 0 amide bonds. The number of ketones is 1. The first-order chi connectivity index (χ1) is 9.35. The molecule has 5 nitrogen and oxygen atoms in total. The second-order valence-electron chi connectivity index (χ2n) is 6.27. The fraction of sp³-hybridized carbons (Fsp3) is 0.467. The Morgan fingerprint density at radius 1 is 1.20 bits per heavy atom. The molecule has 2 aromatic rings. The van der Waals surface area contributed by atoms with Gasteiger partial charge in [-0.3, -0.25) is 4.79 Å². The van der Waals surface area contributed by atoms with E-state index in [1.165, 1.54) is 0 Å². The Kier molecular flexibility index (Phi) is 2.74. The quantitative estimate of drug-likeness (QED) is 0.798. The molecule has 2 aromatic heterocycles. The van der Waals surface area contributed by atoms with Crippen LogP contribution in [0.5, 0.6) is 0 Å². The van der Waals surface area contributed by atoms with Crippen molar-refractivity contribution in [1.82, 2.24) is 19.7 Å². The minimum atomic E-state index is -0.0288. The van der Waals surface area contributed by atoms with E-state index in [0.717, 1.165) is 29.2 Å². The minimum Gasteiger partial charge on any atom is -0.294 e. The van der Waals surface area contributed by atoms with Gasteiger partial charge in [-0.15, -0.1) is 0 Å². The van der Waals surface area contributed by atoms with E-state index in [-0.39, 0.29) is 11.2 Å². The van der Waals surface area contributed by atoms with Gasteiger partial charge in [0, 0.05) is 18.2 Å². The summed E-state index contributed by atoms with van der Waals surface area (Å²) in [6, 6.07) is 1.90. The van der Waals surface area contributed by atoms with Crippen LogP contribution in [0.1, 0.15) is 47.8 Å². The molecule has 1 aliphatic carbocycles. The monoisotopic (exact) mass is 270 g/mol. The standard InChI is InChI=1S/C15H18N4O/c1-9-5-14(18-10(2)17-9)19-12-6-15(3,4)7-13(20)11(12)8-16-19/h5,8H,6-7H2,1-4H3. The maximum atomic E-state index is 12.2. The summed E-state index contributed by atoms with van der Waals surface area (Å²) in [4.78, 5) is 20.9. The Bertz CT molecular complexity index is 680. The predicted molar refractivity (Wildman–Crippen MR) is 75.1 cm³/mol. The van der Waals surface area contributed by atoms with E-state index < -0.39 is 0 Å². The van der Waals surface area contributed by atoms with E-state index in [1.54, 1.807) is 10.9 Å². The van der Waals surface area contributed by atoms with Crippen molar-refractivity contribution >= 4 is 5.78 Å². The molecule has 5 heteroatoms. The van der Waals surface area contributed by atoms with Gasteiger partial charge in [0.2, 0.25) is 0 Å². The lowest BCUT2D eigenvalue weighted by Crippen LogP contribution is -2.28. The summed E-state index contributed by atoms with van der Waals surface area (Å²) >= 11 is 0. The average molecular weight is 270 g/mol. The molecule has 0 aliphatic heterocycles. The normalized spacial score (nSPS) is 17.1. The van der Waals surface area contributed by atoms with Crippen LogP contribution >= 0.6 is 0 Å². The zero-order valence-electron chi connectivity index (χ0n) is 12.3. The second kappa shape index (κ2) is 4.23. The Morgan fingerprint density at radius 2 is 1.95 bits per heavy atom. The van der Waals surface area contributed by atoms with Gasteiger partial charge < -0.3 is 0 Å². The summed E-state index contributed by atoms with van der Waals surface area (Å²) < 4.78 is 1.79. The summed E-state index contributed by atoms with van der Waals surface area (Å²) in [6.45, 7) is 8.02. The van der Waals surface area contributed by atoms with Crippen molar-refractivity contribution in [3.05, 3.63) is 35.0 Å². The number of aromatic nitrogens is 4. The van der Waals surface area contributed by atoms with Crippen molar-refractivity contribution in [2.24, 2.45) is 5.41 Å². The molecule has 0 fully saturated rings. The summed E-state index contributed by atoms with van der Waals surface area (Å²) in [5, 5.41) is 4.37. The highest BCUT2D eigenvalue weighted by Gasteiger charge is 2.34. The largest absolute Gasteiger partial charge is 0.294 e. The highest BCUT2D eigenvalue weighted by Crippen LogP contribution is 2.35. The zero-order chi connectivity index (χ0) is 14.5. The molecule has 0 aromatic carbocycles. The lowest BCUT2D eigenvalue weighted by atomic mass is 9.76. The SMILES string of the molecule is Cc1cc(-n2ncc3c2CC(C)(C)CC3=O)nc(C)n1. The molecule has 2 heterocycles. The molecule has 0 radical (unpaired) electrons. The third kappa shape index (κ3) is 2.13. The third-order valence-corrected chi connectivity index (χ3v) is 3.62. The van der Waals surface area contributed by atoms with Gasteiger partial charge in [-0.2, -0.15) is 5.10 Å². The number of carbonyl (C=O) groups is 1. The molecule has 0 atom stereocenters. The molecule has 0 unspecified atom stereocenters. The van der Waals surface area contributed by atoms with Gasteiger partial charge in [0.05, 0.1) is 17.5 Å². The number of hydrogen-bond acceptors (Lipinski definition) is 4. The average Bonchev–Trinajstić information content (AvgIpc) is 2.69. The highest BCUT2D eigenvalue weighted by atomic mass is 16.1. The number of aryl methyl sites for hydroxylation is 2. The summed E-state index contributed by atoms with van der Waals surface area (Å²) in [5.41, 5.74) is 2.57. The number of nitrogens with zero attached hydrogens (tertiary/aromatic N) is 4. The molecular formula is C15H18N4O. The summed E-state index contributed by atoms with van der Waals surface area (Å²) in [6.07, 6.45) is 3.07. The molecule has 20 heavy (non-hydrogen) atoms. The summed E-state index contributed by atoms with van der Waals surface area (Å²) in [7, 11) is 0. The fourth-order valence-corrected chi connectivity index (χ4v) is 2.83. The number of carbonyl (C=O) groups excluding carboxylic acids is 1. The lowest BCUT2D eigenvalue weighted by Gasteiger charge is -2.28. The molecule has 104 valence electrons. The number of rotatable bonds is 1. The number of hydrogen-bond donors (Lipinski definition) is 0. The van der Waals surface area contributed by atoms with Crippen molar-refractivity contribution in [3.8, 4) is 5.82 Å². The molecule has 0 spiro atoms. The fourth-order valence-electron chi connectivity index (χ4n) is 2.83. The zero-order valence-corrected chi connectivity index (χ0v) is 12.3. The van der Waals surface area contributed by atoms with Crippen molar-refractivity contribution in [1.29, 1.82) is 0 Å². The van der Waals surface area contributed by atoms with Gasteiger partial charge in [0.25, 0.3) is 0 Å². The molecule has 0 saturated carbocycles. The van der Waals surface area contributed by atoms with Crippen LogP contribution in [0.3, 0.4) is 0 Å². The number of Topliss-reactive ketones (excluding diaryl/α,β-unsaturated/α-hetero) is 1. The van der Waals surface area contributed by atoms with E-state index in [0.29, 0.717) is 12.2 Å². The van der Waals surface area contributed by atoms with E-state index in [9.17, 15) is 4.79 Å². The van der Waals surface area contributed by atoms with Gasteiger partial charge >= 0.3 is 0 Å². The predicted octanol–water partition coefficient (Wildman–Crippen LogP) is 2.43. The van der Waals surface area contributed by atoms with Crippen molar-refractivity contribution in [2.75, 3.05) is 0 Å². The second-order valence-corrected chi connectivity index (χ2v) is 6.27. The Balaban J connectivity index is 2.15. The van der Waals surface area contributed by atoms with Crippen LogP contribution in [0.4, 0.5) is 0 Å². The molecule has 0 bridgehead atoms. The summed E-state index contributed by atoms with van der Waals surface area (Å²) in [5.74, 6) is 1.62. The van der Waals surface area contributed by atoms with Crippen molar-refractivity contribution in [3.63, 3.8) is 0 Å². The van der Waals surface area contributed by atoms with E-state index in [2.05, 4.69) is 28.9 Å². The Hall–Kier alpha value is -2.04. The smallest absolute Gasteiger partial charge is 0.166 e. The maximum Gasteiger partial charge on any atom is 0.166 e. The third-order valence-electron chi connectivity index (χ3n) is 3.62. The van der Waals surface area contributed by atoms with E-state index in [4.69, 9.17) is 0 Å². The molecule has 1 aliphatic rings.